The van der Waals surface area contributed by atoms with E-state index < -0.39 is 0 Å². The molecule has 0 spiro atoms. The first-order valence-electron chi connectivity index (χ1n) is 6.97. The molecule has 0 aliphatic carbocycles. The topological polar surface area (TPSA) is 56.1 Å². The molecular formula is C14H18BrN5O. The van der Waals surface area contributed by atoms with E-state index in [9.17, 15) is 0 Å². The van der Waals surface area contributed by atoms with E-state index in [1.807, 2.05) is 11.6 Å². The van der Waals surface area contributed by atoms with E-state index >= 15 is 0 Å². The van der Waals surface area contributed by atoms with E-state index in [2.05, 4.69) is 48.9 Å². The average molecular weight is 352 g/mol. The Hall–Kier alpha value is -1.47. The predicted octanol–water partition coefficient (Wildman–Crippen LogP) is 1.96. The quantitative estimate of drug-likeness (QED) is 0.845. The van der Waals surface area contributed by atoms with Crippen LogP contribution < -0.4 is 4.90 Å². The predicted molar refractivity (Wildman–Crippen MR) is 83.4 cm³/mol. The van der Waals surface area contributed by atoms with Crippen molar-refractivity contribution in [1.29, 1.82) is 0 Å². The lowest BCUT2D eigenvalue weighted by molar-refractivity contribution is 0.0265. The molecule has 3 heterocycles. The molecule has 0 saturated carbocycles. The minimum Gasteiger partial charge on any atom is -0.373 e. The number of hydrogen-bond donors (Lipinski definition) is 0. The fourth-order valence-corrected chi connectivity index (χ4v) is 2.74. The highest BCUT2D eigenvalue weighted by Crippen LogP contribution is 2.16. The molecule has 6 nitrogen and oxygen atoms in total. The van der Waals surface area contributed by atoms with Crippen LogP contribution >= 0.6 is 15.9 Å². The highest BCUT2D eigenvalue weighted by molar-refractivity contribution is 9.10. The summed E-state index contributed by atoms with van der Waals surface area (Å²) >= 11 is 3.36. The van der Waals surface area contributed by atoms with Crippen molar-refractivity contribution in [3.8, 4) is 0 Å². The normalized spacial score (nSPS) is 19.0. The van der Waals surface area contributed by atoms with Gasteiger partial charge in [0, 0.05) is 31.2 Å². The second kappa shape index (κ2) is 6.11. The van der Waals surface area contributed by atoms with Gasteiger partial charge in [0.05, 0.1) is 29.4 Å². The first-order valence-corrected chi connectivity index (χ1v) is 7.76. The Morgan fingerprint density at radius 2 is 2.10 bits per heavy atom. The maximum absolute atomic E-state index is 5.85. The highest BCUT2D eigenvalue weighted by Gasteiger charge is 2.23. The molecule has 0 amide bonds. The first-order chi connectivity index (χ1) is 10.1. The molecule has 1 fully saturated rings. The zero-order chi connectivity index (χ0) is 14.8. The smallest absolute Gasteiger partial charge is 0.225 e. The van der Waals surface area contributed by atoms with Gasteiger partial charge in [0.15, 0.2) is 0 Å². The van der Waals surface area contributed by atoms with Crippen molar-refractivity contribution in [3.05, 3.63) is 34.3 Å². The standard InChI is InChI=1S/C14H18BrN5O/c1-10-5-11(2)20(18-10)9-13-8-19(3-4-21-13)14-16-6-12(15)7-17-14/h5-7,13H,3-4,8-9H2,1-2H3. The van der Waals surface area contributed by atoms with Gasteiger partial charge in [-0.3, -0.25) is 4.68 Å². The van der Waals surface area contributed by atoms with Gasteiger partial charge in [-0.05, 0) is 35.8 Å². The van der Waals surface area contributed by atoms with Crippen LogP contribution in [0.25, 0.3) is 0 Å². The van der Waals surface area contributed by atoms with Crippen LogP contribution in [0, 0.1) is 13.8 Å². The van der Waals surface area contributed by atoms with Gasteiger partial charge in [-0.25, -0.2) is 9.97 Å². The van der Waals surface area contributed by atoms with Crippen LogP contribution in [0.15, 0.2) is 22.9 Å². The molecule has 0 radical (unpaired) electrons. The maximum Gasteiger partial charge on any atom is 0.225 e. The molecule has 2 aromatic rings. The summed E-state index contributed by atoms with van der Waals surface area (Å²) < 4.78 is 8.75. The van der Waals surface area contributed by atoms with E-state index in [4.69, 9.17) is 4.74 Å². The van der Waals surface area contributed by atoms with Gasteiger partial charge >= 0.3 is 0 Å². The molecule has 112 valence electrons. The molecule has 1 aliphatic heterocycles. The minimum atomic E-state index is 0.101. The maximum atomic E-state index is 5.85. The third-order valence-electron chi connectivity index (χ3n) is 3.51. The number of rotatable bonds is 3. The van der Waals surface area contributed by atoms with Crippen LogP contribution in [0.5, 0.6) is 0 Å². The van der Waals surface area contributed by atoms with Gasteiger partial charge < -0.3 is 9.64 Å². The summed E-state index contributed by atoms with van der Waals surface area (Å²) in [6.07, 6.45) is 3.64. The Morgan fingerprint density at radius 3 is 2.76 bits per heavy atom. The summed E-state index contributed by atoms with van der Waals surface area (Å²) in [6.45, 7) is 7.11. The van der Waals surface area contributed by atoms with Gasteiger partial charge in [-0.15, -0.1) is 0 Å². The third kappa shape index (κ3) is 3.41. The van der Waals surface area contributed by atoms with Crippen molar-refractivity contribution in [3.63, 3.8) is 0 Å². The van der Waals surface area contributed by atoms with E-state index in [0.29, 0.717) is 6.61 Å². The molecular weight excluding hydrogens is 334 g/mol. The molecule has 0 N–H and O–H groups in total. The number of halogens is 1. The fraction of sp³-hybridized carbons (Fsp3) is 0.500. The lowest BCUT2D eigenvalue weighted by atomic mass is 10.2. The van der Waals surface area contributed by atoms with Crippen LogP contribution in [0.2, 0.25) is 0 Å². The molecule has 2 aromatic heterocycles. The Labute approximate surface area is 132 Å². The van der Waals surface area contributed by atoms with Crippen LogP contribution in [-0.2, 0) is 11.3 Å². The number of ether oxygens (including phenoxy) is 1. The minimum absolute atomic E-state index is 0.101. The number of hydrogen-bond acceptors (Lipinski definition) is 5. The summed E-state index contributed by atoms with van der Waals surface area (Å²) in [4.78, 5) is 10.9. The Bertz CT molecular complexity index is 612. The van der Waals surface area contributed by atoms with Crippen LogP contribution in [0.3, 0.4) is 0 Å². The van der Waals surface area contributed by atoms with Crippen LogP contribution in [0.4, 0.5) is 5.95 Å². The zero-order valence-corrected chi connectivity index (χ0v) is 13.7. The Balaban J connectivity index is 1.68. The molecule has 3 rings (SSSR count). The summed E-state index contributed by atoms with van der Waals surface area (Å²) in [5.41, 5.74) is 2.20. The molecule has 1 aliphatic rings. The Kier molecular flexibility index (Phi) is 4.21. The lowest BCUT2D eigenvalue weighted by Gasteiger charge is -2.33. The Morgan fingerprint density at radius 1 is 1.33 bits per heavy atom. The van der Waals surface area contributed by atoms with Crippen molar-refractivity contribution >= 4 is 21.9 Å². The number of nitrogens with zero attached hydrogens (tertiary/aromatic N) is 5. The first kappa shape index (κ1) is 14.5. The number of morpholine rings is 1. The van der Waals surface area contributed by atoms with E-state index in [1.165, 1.54) is 0 Å². The largest absolute Gasteiger partial charge is 0.373 e. The fourth-order valence-electron chi connectivity index (χ4n) is 2.53. The zero-order valence-electron chi connectivity index (χ0n) is 12.2. The summed E-state index contributed by atoms with van der Waals surface area (Å²) in [5, 5.41) is 4.49. The van der Waals surface area contributed by atoms with Gasteiger partial charge in [-0.2, -0.15) is 5.10 Å². The van der Waals surface area contributed by atoms with Crippen molar-refractivity contribution in [2.45, 2.75) is 26.5 Å². The van der Waals surface area contributed by atoms with E-state index in [1.54, 1.807) is 12.4 Å². The summed E-state index contributed by atoms with van der Waals surface area (Å²) in [5.74, 6) is 0.750. The average Bonchev–Trinajstić information content (AvgIpc) is 2.78. The van der Waals surface area contributed by atoms with Crippen LogP contribution in [0.1, 0.15) is 11.4 Å². The molecule has 21 heavy (non-hydrogen) atoms. The third-order valence-corrected chi connectivity index (χ3v) is 3.92. The number of aromatic nitrogens is 4. The van der Waals surface area contributed by atoms with Crippen molar-refractivity contribution in [2.24, 2.45) is 0 Å². The molecule has 1 atom stereocenters. The molecule has 0 aromatic carbocycles. The molecule has 1 unspecified atom stereocenters. The van der Waals surface area contributed by atoms with Gasteiger partial charge in [0.1, 0.15) is 0 Å². The van der Waals surface area contributed by atoms with Gasteiger partial charge in [0.2, 0.25) is 5.95 Å². The van der Waals surface area contributed by atoms with Gasteiger partial charge in [0.25, 0.3) is 0 Å². The van der Waals surface area contributed by atoms with Gasteiger partial charge in [-0.1, -0.05) is 0 Å². The second-order valence-corrected chi connectivity index (χ2v) is 6.16. The molecule has 0 bridgehead atoms. The number of aryl methyl sites for hydroxylation is 2. The highest BCUT2D eigenvalue weighted by atomic mass is 79.9. The summed E-state index contributed by atoms with van der Waals surface area (Å²) in [6, 6.07) is 2.08. The number of anilines is 1. The van der Waals surface area contributed by atoms with Crippen molar-refractivity contribution < 1.29 is 4.74 Å². The van der Waals surface area contributed by atoms with Crippen molar-refractivity contribution in [2.75, 3.05) is 24.6 Å². The molecule has 1 saturated heterocycles. The molecule has 7 heteroatoms. The monoisotopic (exact) mass is 351 g/mol. The van der Waals surface area contributed by atoms with E-state index in [0.717, 1.165) is 41.4 Å². The van der Waals surface area contributed by atoms with E-state index in [-0.39, 0.29) is 6.10 Å². The SMILES string of the molecule is Cc1cc(C)n(CC2CN(c3ncc(Br)cn3)CCO2)n1. The van der Waals surface area contributed by atoms with Crippen molar-refractivity contribution in [1.82, 2.24) is 19.7 Å². The second-order valence-electron chi connectivity index (χ2n) is 5.25. The summed E-state index contributed by atoms with van der Waals surface area (Å²) in [7, 11) is 0. The van der Waals surface area contributed by atoms with Crippen LogP contribution in [-0.4, -0.2) is 45.5 Å². The lowest BCUT2D eigenvalue weighted by Crippen LogP contribution is -2.45.